The number of rotatable bonds is 5. The Kier molecular flexibility index (Phi) is 6.61. The van der Waals surface area contributed by atoms with Crippen molar-refractivity contribution in [2.45, 2.75) is 33.1 Å². The van der Waals surface area contributed by atoms with Crippen LogP contribution in [0.1, 0.15) is 33.1 Å². The van der Waals surface area contributed by atoms with Gasteiger partial charge in [-0.2, -0.15) is 0 Å². The highest BCUT2D eigenvalue weighted by molar-refractivity contribution is 4.80. The molecule has 0 unspecified atom stereocenters. The molecule has 0 heterocycles. The number of aliphatic hydroxyl groups excluding tert-OH is 1. The molecular formula is C9H18O. The normalized spacial score (nSPS) is 14.3. The van der Waals surface area contributed by atoms with Crippen molar-refractivity contribution in [3.8, 4) is 0 Å². The molecule has 0 spiro atoms. The van der Waals surface area contributed by atoms with Gasteiger partial charge in [0.2, 0.25) is 0 Å². The molecule has 1 heteroatoms. The summed E-state index contributed by atoms with van der Waals surface area (Å²) in [7, 11) is 0. The second-order valence-corrected chi connectivity index (χ2v) is 2.74. The molecule has 0 saturated heterocycles. The third-order valence-corrected chi connectivity index (χ3v) is 1.54. The number of hydrogen-bond acceptors (Lipinski definition) is 1. The first-order valence-electron chi connectivity index (χ1n) is 4.07. The Balaban J connectivity index is 3.10. The fraction of sp³-hybridized carbons (Fsp3) is 0.778. The summed E-state index contributed by atoms with van der Waals surface area (Å²) >= 11 is 0. The van der Waals surface area contributed by atoms with Crippen molar-refractivity contribution in [1.82, 2.24) is 0 Å². The van der Waals surface area contributed by atoms with E-state index in [9.17, 15) is 0 Å². The summed E-state index contributed by atoms with van der Waals surface area (Å²) < 4.78 is 0. The van der Waals surface area contributed by atoms with E-state index >= 15 is 0 Å². The maximum atomic E-state index is 8.67. The molecule has 0 aliphatic heterocycles. The maximum Gasteiger partial charge on any atom is 0.0456 e. The van der Waals surface area contributed by atoms with E-state index in [2.05, 4.69) is 26.0 Å². The minimum absolute atomic E-state index is 0.319. The summed E-state index contributed by atoms with van der Waals surface area (Å²) in [5.74, 6) is 0.460. The van der Waals surface area contributed by atoms with Gasteiger partial charge in [-0.15, -0.1) is 0 Å². The number of hydrogen-bond donors (Lipinski definition) is 1. The highest BCUT2D eigenvalue weighted by Crippen LogP contribution is 2.04. The van der Waals surface area contributed by atoms with Crippen LogP contribution in [0.4, 0.5) is 0 Å². The molecular weight excluding hydrogens is 124 g/mol. The lowest BCUT2D eigenvalue weighted by atomic mass is 10.1. The Hall–Kier alpha value is -0.300. The van der Waals surface area contributed by atoms with E-state index < -0.39 is 0 Å². The van der Waals surface area contributed by atoms with E-state index in [1.165, 1.54) is 0 Å². The Morgan fingerprint density at radius 3 is 2.60 bits per heavy atom. The van der Waals surface area contributed by atoms with Crippen LogP contribution >= 0.6 is 0 Å². The van der Waals surface area contributed by atoms with E-state index in [4.69, 9.17) is 5.11 Å². The molecule has 0 rings (SSSR count). The van der Waals surface area contributed by atoms with Crippen LogP contribution in [0.25, 0.3) is 0 Å². The molecule has 0 radical (unpaired) electrons. The summed E-state index contributed by atoms with van der Waals surface area (Å²) in [6.45, 7) is 4.52. The Morgan fingerprint density at radius 1 is 1.40 bits per heavy atom. The summed E-state index contributed by atoms with van der Waals surface area (Å²) in [6, 6.07) is 0. The highest BCUT2D eigenvalue weighted by atomic mass is 16.3. The van der Waals surface area contributed by atoms with Crippen molar-refractivity contribution in [3.05, 3.63) is 12.2 Å². The van der Waals surface area contributed by atoms with Crippen LogP contribution in [0.5, 0.6) is 0 Å². The van der Waals surface area contributed by atoms with Gasteiger partial charge in [-0.1, -0.05) is 26.0 Å². The number of aliphatic hydroxyl groups is 1. The van der Waals surface area contributed by atoms with E-state index in [0.717, 1.165) is 19.3 Å². The average molecular weight is 142 g/mol. The molecule has 60 valence electrons. The van der Waals surface area contributed by atoms with Crippen LogP contribution in [-0.2, 0) is 0 Å². The van der Waals surface area contributed by atoms with Crippen LogP contribution in [-0.4, -0.2) is 11.7 Å². The van der Waals surface area contributed by atoms with Crippen LogP contribution in [0.3, 0.4) is 0 Å². The van der Waals surface area contributed by atoms with E-state index in [1.54, 1.807) is 0 Å². The summed E-state index contributed by atoms with van der Waals surface area (Å²) in [5.41, 5.74) is 0. The molecule has 0 aromatic rings. The molecule has 0 fully saturated rings. The van der Waals surface area contributed by atoms with Crippen molar-refractivity contribution in [2.24, 2.45) is 5.92 Å². The van der Waals surface area contributed by atoms with Gasteiger partial charge < -0.3 is 5.11 Å². The van der Waals surface area contributed by atoms with Crippen molar-refractivity contribution in [3.63, 3.8) is 0 Å². The van der Waals surface area contributed by atoms with E-state index in [-0.39, 0.29) is 0 Å². The van der Waals surface area contributed by atoms with E-state index in [1.807, 2.05) is 0 Å². The molecule has 1 nitrogen and oxygen atoms in total. The summed E-state index contributed by atoms with van der Waals surface area (Å²) in [5, 5.41) is 8.67. The third kappa shape index (κ3) is 5.83. The molecule has 0 aliphatic rings. The molecule has 0 aromatic heterocycles. The van der Waals surface area contributed by atoms with Gasteiger partial charge in [0.15, 0.2) is 0 Å². The molecule has 10 heavy (non-hydrogen) atoms. The Morgan fingerprint density at radius 2 is 2.10 bits per heavy atom. The minimum atomic E-state index is 0.319. The van der Waals surface area contributed by atoms with Gasteiger partial charge in [-0.3, -0.25) is 0 Å². The first kappa shape index (κ1) is 9.70. The predicted octanol–water partition coefficient (Wildman–Crippen LogP) is 2.36. The Labute approximate surface area is 63.8 Å². The van der Waals surface area contributed by atoms with E-state index in [0.29, 0.717) is 12.5 Å². The Bertz CT molecular complexity index is 86.7. The zero-order valence-electron chi connectivity index (χ0n) is 7.01. The monoisotopic (exact) mass is 142 g/mol. The lowest BCUT2D eigenvalue weighted by Crippen LogP contribution is -1.98. The topological polar surface area (TPSA) is 20.2 Å². The zero-order chi connectivity index (χ0) is 7.82. The van der Waals surface area contributed by atoms with Gasteiger partial charge in [-0.25, -0.2) is 0 Å². The van der Waals surface area contributed by atoms with Crippen molar-refractivity contribution in [2.75, 3.05) is 6.61 Å². The van der Waals surface area contributed by atoms with Crippen LogP contribution in [0.15, 0.2) is 12.2 Å². The van der Waals surface area contributed by atoms with Gasteiger partial charge in [0, 0.05) is 6.61 Å². The van der Waals surface area contributed by atoms with Crippen molar-refractivity contribution >= 4 is 0 Å². The van der Waals surface area contributed by atoms with Crippen molar-refractivity contribution < 1.29 is 5.11 Å². The minimum Gasteiger partial charge on any atom is -0.396 e. The molecule has 0 aromatic carbocycles. The maximum absolute atomic E-state index is 8.67. The zero-order valence-corrected chi connectivity index (χ0v) is 7.01. The molecule has 1 atom stereocenters. The fourth-order valence-electron chi connectivity index (χ4n) is 0.757. The molecule has 0 amide bonds. The largest absolute Gasteiger partial charge is 0.396 e. The quantitative estimate of drug-likeness (QED) is 0.584. The highest BCUT2D eigenvalue weighted by Gasteiger charge is 1.95. The molecule has 0 saturated carbocycles. The third-order valence-electron chi connectivity index (χ3n) is 1.54. The van der Waals surface area contributed by atoms with Gasteiger partial charge in [0.05, 0.1) is 0 Å². The summed E-state index contributed by atoms with van der Waals surface area (Å²) in [4.78, 5) is 0. The van der Waals surface area contributed by atoms with Gasteiger partial charge in [-0.05, 0) is 25.2 Å². The lowest BCUT2D eigenvalue weighted by Gasteiger charge is -2.02. The second kappa shape index (κ2) is 6.81. The predicted molar refractivity (Wildman–Crippen MR) is 44.9 cm³/mol. The standard InChI is InChI=1S/C9H18O/c1-3-4-5-6-7-9(2)8-10/h4-5,9-10H,3,6-8H2,1-2H3/b5-4+/t9-/m0/s1. The summed E-state index contributed by atoms with van der Waals surface area (Å²) in [6.07, 6.45) is 7.69. The van der Waals surface area contributed by atoms with Gasteiger partial charge >= 0.3 is 0 Å². The molecule has 0 bridgehead atoms. The molecule has 1 N–H and O–H groups in total. The molecule has 0 aliphatic carbocycles. The van der Waals surface area contributed by atoms with Crippen LogP contribution < -0.4 is 0 Å². The van der Waals surface area contributed by atoms with Crippen molar-refractivity contribution in [1.29, 1.82) is 0 Å². The van der Waals surface area contributed by atoms with Crippen LogP contribution in [0, 0.1) is 5.92 Å². The average Bonchev–Trinajstić information content (AvgIpc) is 1.98. The number of allylic oxidation sites excluding steroid dienone is 2. The van der Waals surface area contributed by atoms with Gasteiger partial charge in [0.25, 0.3) is 0 Å². The van der Waals surface area contributed by atoms with Crippen LogP contribution in [0.2, 0.25) is 0 Å². The second-order valence-electron chi connectivity index (χ2n) is 2.74. The smallest absolute Gasteiger partial charge is 0.0456 e. The SMILES string of the molecule is CC/C=C/CC[C@H](C)CO. The fourth-order valence-corrected chi connectivity index (χ4v) is 0.757. The first-order valence-corrected chi connectivity index (χ1v) is 4.07. The first-order chi connectivity index (χ1) is 4.81. The van der Waals surface area contributed by atoms with Gasteiger partial charge in [0.1, 0.15) is 0 Å². The lowest BCUT2D eigenvalue weighted by molar-refractivity contribution is 0.231.